The third-order valence-electron chi connectivity index (χ3n) is 2.96. The minimum absolute atomic E-state index is 0.115. The number of hydrogen-bond acceptors (Lipinski definition) is 1. The van der Waals surface area contributed by atoms with Gasteiger partial charge in [-0.25, -0.2) is 4.79 Å². The number of imidazole rings is 1. The zero-order valence-electron chi connectivity index (χ0n) is 11.0. The molecule has 0 amide bonds. The number of benzene rings is 1. The molecule has 0 radical (unpaired) electrons. The number of aromatic nitrogens is 2. The third-order valence-corrected chi connectivity index (χ3v) is 3.37. The molecule has 0 saturated heterocycles. The zero-order chi connectivity index (χ0) is 13.5. The maximum atomic E-state index is 11.9. The van der Waals surface area contributed by atoms with Gasteiger partial charge in [-0.15, -0.1) is 0 Å². The molecule has 1 heterocycles. The van der Waals surface area contributed by atoms with Gasteiger partial charge in [-0.3, -0.25) is 4.57 Å². The lowest BCUT2D eigenvalue weighted by molar-refractivity contribution is 0.554. The predicted molar refractivity (Wildman–Crippen MR) is 74.8 cm³/mol. The number of rotatable bonds is 1. The Morgan fingerprint density at radius 1 is 1.28 bits per heavy atom. The Hall–Kier alpha value is -1.48. The van der Waals surface area contributed by atoms with Gasteiger partial charge < -0.3 is 4.98 Å². The normalized spacial score (nSPS) is 11.8. The second kappa shape index (κ2) is 4.32. The average molecular weight is 265 g/mol. The van der Waals surface area contributed by atoms with Crippen LogP contribution in [0, 0.1) is 6.92 Å². The lowest BCUT2D eigenvalue weighted by atomic mass is 9.92. The third kappa shape index (κ3) is 2.23. The van der Waals surface area contributed by atoms with Crippen LogP contribution >= 0.6 is 11.6 Å². The summed E-state index contributed by atoms with van der Waals surface area (Å²) in [5, 5.41) is 0.667. The minimum atomic E-state index is -0.139. The SMILES string of the molecule is Cc1ccc(-n2c(C(C)(C)C)c[nH]c2=O)cc1Cl. The van der Waals surface area contributed by atoms with E-state index in [0.717, 1.165) is 16.9 Å². The van der Waals surface area contributed by atoms with Crippen LogP contribution in [0.5, 0.6) is 0 Å². The van der Waals surface area contributed by atoms with Gasteiger partial charge in [0.1, 0.15) is 0 Å². The first-order chi connectivity index (χ1) is 8.30. The molecule has 18 heavy (non-hydrogen) atoms. The summed E-state index contributed by atoms with van der Waals surface area (Å²) in [6, 6.07) is 5.65. The first-order valence-electron chi connectivity index (χ1n) is 5.88. The molecular formula is C14H17ClN2O. The number of H-pyrrole nitrogens is 1. The van der Waals surface area contributed by atoms with E-state index < -0.39 is 0 Å². The molecule has 1 aromatic heterocycles. The fourth-order valence-electron chi connectivity index (χ4n) is 1.90. The van der Waals surface area contributed by atoms with Gasteiger partial charge in [0.25, 0.3) is 0 Å². The van der Waals surface area contributed by atoms with Gasteiger partial charge in [0, 0.05) is 22.3 Å². The smallest absolute Gasteiger partial charge is 0.312 e. The molecule has 3 nitrogen and oxygen atoms in total. The van der Waals surface area contributed by atoms with Gasteiger partial charge in [-0.2, -0.15) is 0 Å². The second-order valence-electron chi connectivity index (χ2n) is 5.50. The Bertz CT molecular complexity index is 632. The summed E-state index contributed by atoms with van der Waals surface area (Å²) < 4.78 is 1.67. The van der Waals surface area contributed by atoms with E-state index in [1.807, 2.05) is 25.1 Å². The summed E-state index contributed by atoms with van der Waals surface area (Å²) in [6.07, 6.45) is 1.76. The Labute approximate surface area is 111 Å². The van der Waals surface area contributed by atoms with Gasteiger partial charge in [-0.1, -0.05) is 38.4 Å². The summed E-state index contributed by atoms with van der Waals surface area (Å²) in [5.41, 5.74) is 2.48. The molecule has 0 spiro atoms. The fourth-order valence-corrected chi connectivity index (χ4v) is 2.07. The standard InChI is InChI=1S/C14H17ClN2O/c1-9-5-6-10(7-11(9)15)17-12(14(2,3)4)8-16-13(17)18/h5-8H,1-4H3,(H,16,18). The topological polar surface area (TPSA) is 37.8 Å². The maximum Gasteiger partial charge on any atom is 0.330 e. The van der Waals surface area contributed by atoms with E-state index in [9.17, 15) is 4.79 Å². The number of hydrogen-bond donors (Lipinski definition) is 1. The van der Waals surface area contributed by atoms with E-state index in [-0.39, 0.29) is 11.1 Å². The molecule has 0 aliphatic heterocycles. The maximum absolute atomic E-state index is 11.9. The van der Waals surface area contributed by atoms with Crippen molar-refractivity contribution in [3.63, 3.8) is 0 Å². The van der Waals surface area contributed by atoms with Crippen molar-refractivity contribution in [3.8, 4) is 5.69 Å². The lowest BCUT2D eigenvalue weighted by Crippen LogP contribution is -2.23. The van der Waals surface area contributed by atoms with Crippen LogP contribution in [0.15, 0.2) is 29.2 Å². The van der Waals surface area contributed by atoms with Crippen LogP contribution in [0.25, 0.3) is 5.69 Å². The number of halogens is 1. The van der Waals surface area contributed by atoms with E-state index in [4.69, 9.17) is 11.6 Å². The highest BCUT2D eigenvalue weighted by Gasteiger charge is 2.21. The zero-order valence-corrected chi connectivity index (χ0v) is 11.8. The van der Waals surface area contributed by atoms with Crippen LogP contribution in [0.1, 0.15) is 32.0 Å². The monoisotopic (exact) mass is 264 g/mol. The average Bonchev–Trinajstić information content (AvgIpc) is 2.64. The van der Waals surface area contributed by atoms with Crippen LogP contribution in [0.2, 0.25) is 5.02 Å². The summed E-state index contributed by atoms with van der Waals surface area (Å²) >= 11 is 6.12. The van der Waals surface area contributed by atoms with Gasteiger partial charge >= 0.3 is 5.69 Å². The summed E-state index contributed by atoms with van der Waals surface area (Å²) in [4.78, 5) is 14.7. The van der Waals surface area contributed by atoms with Gasteiger partial charge in [0.2, 0.25) is 0 Å². The largest absolute Gasteiger partial charge is 0.330 e. The Balaban J connectivity index is 2.67. The number of aryl methyl sites for hydroxylation is 1. The van der Waals surface area contributed by atoms with Crippen LogP contribution in [-0.2, 0) is 5.41 Å². The number of aromatic amines is 1. The van der Waals surface area contributed by atoms with Crippen molar-refractivity contribution in [2.45, 2.75) is 33.1 Å². The lowest BCUT2D eigenvalue weighted by Gasteiger charge is -2.20. The molecule has 0 fully saturated rings. The van der Waals surface area contributed by atoms with Crippen molar-refractivity contribution in [3.05, 3.63) is 51.2 Å². The van der Waals surface area contributed by atoms with Crippen molar-refractivity contribution < 1.29 is 0 Å². The van der Waals surface area contributed by atoms with Gasteiger partial charge in [-0.05, 0) is 24.6 Å². The molecular weight excluding hydrogens is 248 g/mol. The van der Waals surface area contributed by atoms with Crippen molar-refractivity contribution in [2.24, 2.45) is 0 Å². The highest BCUT2D eigenvalue weighted by atomic mass is 35.5. The molecule has 1 N–H and O–H groups in total. The molecule has 2 rings (SSSR count). The van der Waals surface area contributed by atoms with Crippen LogP contribution in [0.4, 0.5) is 0 Å². The molecule has 0 atom stereocenters. The van der Waals surface area contributed by atoms with Crippen molar-refractivity contribution >= 4 is 11.6 Å². The Morgan fingerprint density at radius 3 is 2.50 bits per heavy atom. The molecule has 4 heteroatoms. The van der Waals surface area contributed by atoms with E-state index >= 15 is 0 Å². The fraction of sp³-hybridized carbons (Fsp3) is 0.357. The van der Waals surface area contributed by atoms with Crippen molar-refractivity contribution in [2.75, 3.05) is 0 Å². The highest BCUT2D eigenvalue weighted by molar-refractivity contribution is 6.31. The van der Waals surface area contributed by atoms with Gasteiger partial charge in [0.15, 0.2) is 0 Å². The second-order valence-corrected chi connectivity index (χ2v) is 5.91. The van der Waals surface area contributed by atoms with Crippen LogP contribution in [-0.4, -0.2) is 9.55 Å². The van der Waals surface area contributed by atoms with Crippen LogP contribution in [0.3, 0.4) is 0 Å². The van der Waals surface area contributed by atoms with E-state index in [2.05, 4.69) is 25.8 Å². The number of nitrogens with zero attached hydrogens (tertiary/aromatic N) is 1. The molecule has 0 aliphatic rings. The molecule has 0 bridgehead atoms. The van der Waals surface area contributed by atoms with Gasteiger partial charge in [0.05, 0.1) is 5.69 Å². The quantitative estimate of drug-likeness (QED) is 0.842. The summed E-state index contributed by atoms with van der Waals surface area (Å²) in [5.74, 6) is 0. The molecule has 2 aromatic rings. The van der Waals surface area contributed by atoms with Crippen molar-refractivity contribution in [1.82, 2.24) is 9.55 Å². The molecule has 0 saturated carbocycles. The molecule has 0 aliphatic carbocycles. The summed E-state index contributed by atoms with van der Waals surface area (Å²) in [6.45, 7) is 8.16. The van der Waals surface area contributed by atoms with E-state index in [0.29, 0.717) is 5.02 Å². The Morgan fingerprint density at radius 2 is 1.94 bits per heavy atom. The van der Waals surface area contributed by atoms with E-state index in [1.54, 1.807) is 10.8 Å². The summed E-state index contributed by atoms with van der Waals surface area (Å²) in [7, 11) is 0. The number of nitrogens with one attached hydrogen (secondary N) is 1. The first-order valence-corrected chi connectivity index (χ1v) is 6.26. The Kier molecular flexibility index (Phi) is 3.11. The predicted octanol–water partition coefficient (Wildman–Crippen LogP) is 3.42. The molecule has 96 valence electrons. The first kappa shape index (κ1) is 13.0. The highest BCUT2D eigenvalue weighted by Crippen LogP contribution is 2.25. The molecule has 1 aromatic carbocycles. The van der Waals surface area contributed by atoms with E-state index in [1.165, 1.54) is 0 Å². The minimum Gasteiger partial charge on any atom is -0.312 e. The van der Waals surface area contributed by atoms with Crippen molar-refractivity contribution in [1.29, 1.82) is 0 Å². The van der Waals surface area contributed by atoms with Crippen LogP contribution < -0.4 is 5.69 Å². The molecule has 0 unspecified atom stereocenters.